The highest BCUT2D eigenvalue weighted by molar-refractivity contribution is 5.80. The lowest BCUT2D eigenvalue weighted by atomic mass is 10.0. The first-order chi connectivity index (χ1) is 10.1. The number of carboxylic acid groups (broad SMARTS) is 1. The second kappa shape index (κ2) is 7.20. The third-order valence-electron chi connectivity index (χ3n) is 2.70. The van der Waals surface area contributed by atoms with Crippen molar-refractivity contribution in [1.29, 1.82) is 0 Å². The van der Waals surface area contributed by atoms with E-state index in [9.17, 15) is 18.4 Å². The Morgan fingerprint density at radius 1 is 1.32 bits per heavy atom. The monoisotopic (exact) mass is 315 g/mol. The summed E-state index contributed by atoms with van der Waals surface area (Å²) in [6.45, 7) is 4.93. The number of nitrogens with one attached hydrogen (secondary N) is 1. The molecule has 0 heterocycles. The van der Waals surface area contributed by atoms with E-state index in [0.29, 0.717) is 0 Å². The molecule has 5 nitrogen and oxygen atoms in total. The highest BCUT2D eigenvalue weighted by Gasteiger charge is 2.24. The Bertz CT molecular complexity index is 555. The summed E-state index contributed by atoms with van der Waals surface area (Å²) >= 11 is 0. The van der Waals surface area contributed by atoms with E-state index in [0.717, 1.165) is 18.2 Å². The summed E-state index contributed by atoms with van der Waals surface area (Å²) in [7, 11) is 0. The van der Waals surface area contributed by atoms with Gasteiger partial charge < -0.3 is 15.2 Å². The molecule has 0 aliphatic heterocycles. The second-order valence-electron chi connectivity index (χ2n) is 5.81. The summed E-state index contributed by atoms with van der Waals surface area (Å²) in [6, 6.07) is 1.70. The second-order valence-corrected chi connectivity index (χ2v) is 5.81. The molecule has 0 fully saturated rings. The Balaban J connectivity index is 2.67. The predicted molar refractivity (Wildman–Crippen MR) is 75.5 cm³/mol. The van der Waals surface area contributed by atoms with Gasteiger partial charge in [-0.15, -0.1) is 0 Å². The van der Waals surface area contributed by atoms with E-state index in [1.165, 1.54) is 0 Å². The van der Waals surface area contributed by atoms with Crippen molar-refractivity contribution < 1.29 is 28.2 Å². The van der Waals surface area contributed by atoms with Crippen LogP contribution in [0, 0.1) is 11.6 Å². The summed E-state index contributed by atoms with van der Waals surface area (Å²) in [4.78, 5) is 22.7. The van der Waals surface area contributed by atoms with E-state index in [4.69, 9.17) is 9.84 Å². The topological polar surface area (TPSA) is 75.6 Å². The van der Waals surface area contributed by atoms with Crippen LogP contribution < -0.4 is 5.32 Å². The van der Waals surface area contributed by atoms with Crippen molar-refractivity contribution in [1.82, 2.24) is 5.32 Å². The number of ether oxygens (including phenoxy) is 1. The molecule has 1 rings (SSSR count). The van der Waals surface area contributed by atoms with Gasteiger partial charge in [0.25, 0.3) is 0 Å². The number of aliphatic carboxylic acids is 1. The minimum atomic E-state index is -1.28. The number of alkyl carbamates (subject to hydrolysis) is 1. The van der Waals surface area contributed by atoms with Gasteiger partial charge in [0, 0.05) is 0 Å². The molecule has 0 aliphatic rings. The molecule has 7 heteroatoms. The zero-order chi connectivity index (χ0) is 16.9. The third-order valence-corrected chi connectivity index (χ3v) is 2.70. The Morgan fingerprint density at radius 2 is 1.95 bits per heavy atom. The number of hydrogen-bond donors (Lipinski definition) is 2. The molecule has 0 spiro atoms. The Kier molecular flexibility index (Phi) is 5.84. The normalized spacial score (nSPS) is 12.6. The molecule has 0 saturated carbocycles. The van der Waals surface area contributed by atoms with Gasteiger partial charge in [-0.05, 0) is 57.4 Å². The highest BCUT2D eigenvalue weighted by Crippen LogP contribution is 2.13. The molecule has 0 radical (unpaired) electrons. The number of halogens is 2. The smallest absolute Gasteiger partial charge is 0.408 e. The molecule has 0 aliphatic carbocycles. The Labute approximate surface area is 127 Å². The first kappa shape index (κ1) is 17.9. The number of amides is 1. The van der Waals surface area contributed by atoms with Crippen LogP contribution in [0.2, 0.25) is 0 Å². The predicted octanol–water partition coefficient (Wildman–Crippen LogP) is 2.88. The van der Waals surface area contributed by atoms with E-state index >= 15 is 0 Å². The van der Waals surface area contributed by atoms with Gasteiger partial charge in [0.05, 0.1) is 0 Å². The third kappa shape index (κ3) is 6.07. The van der Waals surface area contributed by atoms with E-state index in [1.807, 2.05) is 0 Å². The van der Waals surface area contributed by atoms with E-state index in [-0.39, 0.29) is 18.4 Å². The maximum absolute atomic E-state index is 13.5. The molecule has 1 atom stereocenters. The van der Waals surface area contributed by atoms with E-state index in [1.54, 1.807) is 20.8 Å². The van der Waals surface area contributed by atoms with Gasteiger partial charge >= 0.3 is 12.1 Å². The quantitative estimate of drug-likeness (QED) is 0.876. The molecule has 1 aromatic rings. The summed E-state index contributed by atoms with van der Waals surface area (Å²) in [6.07, 6.45) is -0.995. The van der Waals surface area contributed by atoms with Gasteiger partial charge in [0.15, 0.2) is 0 Å². The van der Waals surface area contributed by atoms with Crippen molar-refractivity contribution in [2.75, 3.05) is 0 Å². The fraction of sp³-hybridized carbons (Fsp3) is 0.467. The van der Waals surface area contributed by atoms with Crippen molar-refractivity contribution >= 4 is 12.1 Å². The van der Waals surface area contributed by atoms with Gasteiger partial charge in [-0.2, -0.15) is 0 Å². The lowest BCUT2D eigenvalue weighted by molar-refractivity contribution is -0.139. The molecule has 0 aromatic heterocycles. The number of rotatable bonds is 5. The lowest BCUT2D eigenvalue weighted by Gasteiger charge is -2.22. The van der Waals surface area contributed by atoms with Crippen molar-refractivity contribution in [2.45, 2.75) is 45.3 Å². The van der Waals surface area contributed by atoms with Crippen LogP contribution in [-0.4, -0.2) is 28.8 Å². The van der Waals surface area contributed by atoms with E-state index in [2.05, 4.69) is 5.32 Å². The van der Waals surface area contributed by atoms with Gasteiger partial charge in [0.2, 0.25) is 0 Å². The lowest BCUT2D eigenvalue weighted by Crippen LogP contribution is -2.43. The van der Waals surface area contributed by atoms with Crippen LogP contribution in [0.5, 0.6) is 0 Å². The van der Waals surface area contributed by atoms with E-state index < -0.39 is 35.3 Å². The summed E-state index contributed by atoms with van der Waals surface area (Å²) in [5, 5.41) is 11.3. The average Bonchev–Trinajstić information content (AvgIpc) is 2.35. The number of carboxylic acids is 1. The van der Waals surface area contributed by atoms with Crippen molar-refractivity contribution in [3.63, 3.8) is 0 Å². The fourth-order valence-electron chi connectivity index (χ4n) is 1.74. The molecule has 0 unspecified atom stereocenters. The maximum Gasteiger partial charge on any atom is 0.408 e. The first-order valence-corrected chi connectivity index (χ1v) is 6.75. The Hall–Kier alpha value is -2.18. The molecule has 2 N–H and O–H groups in total. The van der Waals surface area contributed by atoms with Gasteiger partial charge in [-0.25, -0.2) is 18.4 Å². The minimum absolute atomic E-state index is 0.0314. The van der Waals surface area contributed by atoms with Crippen molar-refractivity contribution in [2.24, 2.45) is 0 Å². The van der Waals surface area contributed by atoms with Gasteiger partial charge in [0.1, 0.15) is 23.3 Å². The molecule has 0 saturated heterocycles. The summed E-state index contributed by atoms with van der Waals surface area (Å²) < 4.78 is 31.5. The summed E-state index contributed by atoms with van der Waals surface area (Å²) in [5.41, 5.74) is -0.709. The SMILES string of the molecule is CC(C)(C)OC(=O)N[C@@H](CCc1cc(F)ccc1F)C(=O)O. The maximum atomic E-state index is 13.5. The van der Waals surface area contributed by atoms with Gasteiger partial charge in [-0.3, -0.25) is 0 Å². The fourth-order valence-corrected chi connectivity index (χ4v) is 1.74. The number of carbonyl (C=O) groups excluding carboxylic acids is 1. The average molecular weight is 315 g/mol. The van der Waals surface area contributed by atoms with Crippen LogP contribution in [0.3, 0.4) is 0 Å². The molecular formula is C15H19F2NO4. The number of carbonyl (C=O) groups is 2. The number of hydrogen-bond acceptors (Lipinski definition) is 3. The van der Waals surface area contributed by atoms with Crippen LogP contribution in [-0.2, 0) is 16.0 Å². The van der Waals surface area contributed by atoms with Crippen LogP contribution in [0.1, 0.15) is 32.8 Å². The first-order valence-electron chi connectivity index (χ1n) is 6.75. The number of aryl methyl sites for hydroxylation is 1. The standard InChI is InChI=1S/C15H19F2NO4/c1-15(2,3)22-14(21)18-12(13(19)20)7-4-9-8-10(16)5-6-11(9)17/h5-6,8,12H,4,7H2,1-3H3,(H,18,21)(H,19,20)/t12-/m0/s1. The number of benzene rings is 1. The van der Waals surface area contributed by atoms with Crippen molar-refractivity contribution in [3.05, 3.63) is 35.4 Å². The van der Waals surface area contributed by atoms with Crippen LogP contribution in [0.15, 0.2) is 18.2 Å². The molecular weight excluding hydrogens is 296 g/mol. The summed E-state index contributed by atoms with van der Waals surface area (Å²) in [5.74, 6) is -2.51. The zero-order valence-electron chi connectivity index (χ0n) is 12.7. The molecule has 22 heavy (non-hydrogen) atoms. The highest BCUT2D eigenvalue weighted by atomic mass is 19.1. The largest absolute Gasteiger partial charge is 0.480 e. The van der Waals surface area contributed by atoms with Crippen LogP contribution in [0.25, 0.3) is 0 Å². The minimum Gasteiger partial charge on any atom is -0.480 e. The molecule has 0 bridgehead atoms. The zero-order valence-corrected chi connectivity index (χ0v) is 12.7. The van der Waals surface area contributed by atoms with Crippen LogP contribution in [0.4, 0.5) is 13.6 Å². The van der Waals surface area contributed by atoms with Gasteiger partial charge in [-0.1, -0.05) is 0 Å². The van der Waals surface area contributed by atoms with Crippen molar-refractivity contribution in [3.8, 4) is 0 Å². The molecule has 1 amide bonds. The molecule has 122 valence electrons. The Morgan fingerprint density at radius 3 is 2.50 bits per heavy atom. The molecule has 1 aromatic carbocycles. The van der Waals surface area contributed by atoms with Crippen LogP contribution >= 0.6 is 0 Å².